The van der Waals surface area contributed by atoms with Gasteiger partial charge in [-0.1, -0.05) is 48.0 Å². The van der Waals surface area contributed by atoms with Crippen LogP contribution >= 0.6 is 23.4 Å². The van der Waals surface area contributed by atoms with E-state index in [0.29, 0.717) is 22.6 Å². The van der Waals surface area contributed by atoms with Gasteiger partial charge >= 0.3 is 6.09 Å². The lowest BCUT2D eigenvalue weighted by atomic mass is 10.1. The second-order valence-electron chi connectivity index (χ2n) is 10.8. The van der Waals surface area contributed by atoms with Crippen LogP contribution in [0.1, 0.15) is 43.6 Å². The maximum atomic E-state index is 13.4. The van der Waals surface area contributed by atoms with Crippen molar-refractivity contribution in [3.05, 3.63) is 99.4 Å². The number of sulfone groups is 1. The summed E-state index contributed by atoms with van der Waals surface area (Å²) in [6, 6.07) is 19.2. The van der Waals surface area contributed by atoms with Gasteiger partial charge in [-0.15, -0.1) is 0 Å². The minimum Gasteiger partial charge on any atom is -0.444 e. The van der Waals surface area contributed by atoms with Gasteiger partial charge < -0.3 is 14.7 Å². The van der Waals surface area contributed by atoms with Crippen molar-refractivity contribution in [3.8, 4) is 0 Å². The Morgan fingerprint density at radius 3 is 2.37 bits per heavy atom. The van der Waals surface area contributed by atoms with Crippen LogP contribution in [-0.4, -0.2) is 54.4 Å². The lowest BCUT2D eigenvalue weighted by Gasteiger charge is -2.29. The summed E-state index contributed by atoms with van der Waals surface area (Å²) in [7, 11) is -3.88. The molecule has 0 unspecified atom stereocenters. The Balaban J connectivity index is 1.48. The van der Waals surface area contributed by atoms with Crippen molar-refractivity contribution >= 4 is 56.5 Å². The number of ether oxygens (including phenoxy) is 1. The number of benzene rings is 3. The molecular formula is C31H31ClN2O7S2. The molecule has 1 atom stereocenters. The second-order valence-corrected chi connectivity index (χ2v) is 14.2. The molecule has 3 aromatic carbocycles. The summed E-state index contributed by atoms with van der Waals surface area (Å²) in [5.41, 5.74) is 1.07. The molecule has 1 aliphatic rings. The highest BCUT2D eigenvalue weighted by Crippen LogP contribution is 2.28. The monoisotopic (exact) mass is 642 g/mol. The van der Waals surface area contributed by atoms with Crippen molar-refractivity contribution in [2.45, 2.75) is 48.7 Å². The van der Waals surface area contributed by atoms with Gasteiger partial charge in [0.05, 0.1) is 27.3 Å². The number of amides is 3. The maximum Gasteiger partial charge on any atom is 0.410 e. The molecule has 0 bridgehead atoms. The second kappa shape index (κ2) is 13.3. The van der Waals surface area contributed by atoms with Crippen molar-refractivity contribution < 1.29 is 32.6 Å². The summed E-state index contributed by atoms with van der Waals surface area (Å²) in [4.78, 5) is 38.0. The molecule has 3 amide bonds. The molecule has 0 aromatic heterocycles. The molecule has 12 heteroatoms. The summed E-state index contributed by atoms with van der Waals surface area (Å²) < 4.78 is 32.3. The number of nitrogens with one attached hydrogen (secondary N) is 1. The third-order valence-corrected chi connectivity index (χ3v) is 9.10. The van der Waals surface area contributed by atoms with Gasteiger partial charge in [-0.05, 0) is 98.1 Å². The molecule has 2 N–H and O–H groups in total. The molecule has 1 saturated heterocycles. The largest absolute Gasteiger partial charge is 0.444 e. The van der Waals surface area contributed by atoms with Crippen LogP contribution in [0, 0.1) is 0 Å². The minimum absolute atomic E-state index is 0.0253. The zero-order valence-corrected chi connectivity index (χ0v) is 26.1. The first-order chi connectivity index (χ1) is 20.2. The molecule has 9 nitrogen and oxygen atoms in total. The van der Waals surface area contributed by atoms with Crippen LogP contribution < -0.4 is 5.32 Å². The van der Waals surface area contributed by atoms with Gasteiger partial charge in [-0.2, -0.15) is 0 Å². The van der Waals surface area contributed by atoms with Crippen LogP contribution in [0.2, 0.25) is 5.02 Å². The Morgan fingerprint density at radius 1 is 1.05 bits per heavy atom. The fraction of sp³-hybridized carbons (Fsp3) is 0.258. The molecule has 0 aliphatic carbocycles. The molecule has 4 rings (SSSR count). The van der Waals surface area contributed by atoms with Crippen LogP contribution in [0.25, 0.3) is 6.08 Å². The number of halogens is 1. The van der Waals surface area contributed by atoms with Crippen molar-refractivity contribution in [2.24, 2.45) is 0 Å². The summed E-state index contributed by atoms with van der Waals surface area (Å²) in [6.07, 6.45) is 0.267. The van der Waals surface area contributed by atoms with Gasteiger partial charge in [0.1, 0.15) is 5.60 Å². The van der Waals surface area contributed by atoms with E-state index in [1.807, 2.05) is 0 Å². The quantitative estimate of drug-likeness (QED) is 0.272. The fourth-order valence-electron chi connectivity index (χ4n) is 4.19. The average molecular weight is 643 g/mol. The Bertz CT molecular complexity index is 1670. The molecule has 43 heavy (non-hydrogen) atoms. The van der Waals surface area contributed by atoms with E-state index in [0.717, 1.165) is 17.3 Å². The Labute approximate surface area is 259 Å². The highest BCUT2D eigenvalue weighted by molar-refractivity contribution is 8.18. The molecule has 1 aliphatic heterocycles. The zero-order valence-electron chi connectivity index (χ0n) is 23.7. The van der Waals surface area contributed by atoms with Crippen LogP contribution in [-0.2, 0) is 25.8 Å². The number of imide groups is 1. The Morgan fingerprint density at radius 2 is 1.74 bits per heavy atom. The molecule has 3 aromatic rings. The van der Waals surface area contributed by atoms with Crippen molar-refractivity contribution in [3.63, 3.8) is 0 Å². The van der Waals surface area contributed by atoms with E-state index >= 15 is 0 Å². The Hall–Kier alpha value is -3.64. The summed E-state index contributed by atoms with van der Waals surface area (Å²) in [5, 5.41) is 13.0. The van der Waals surface area contributed by atoms with E-state index < -0.39 is 38.8 Å². The number of hydrogen-bond donors (Lipinski definition) is 2. The first-order valence-electron chi connectivity index (χ1n) is 13.3. The number of nitrogens with zero attached hydrogens (tertiary/aromatic N) is 1. The maximum absolute atomic E-state index is 13.4. The fourth-order valence-corrected chi connectivity index (χ4v) is 6.39. The smallest absolute Gasteiger partial charge is 0.410 e. The molecule has 1 heterocycles. The first kappa shape index (κ1) is 32.3. The van der Waals surface area contributed by atoms with Crippen LogP contribution in [0.3, 0.4) is 0 Å². The number of aliphatic hydroxyl groups excluding tert-OH is 1. The van der Waals surface area contributed by atoms with Crippen molar-refractivity contribution in [2.75, 3.05) is 13.1 Å². The third-order valence-electron chi connectivity index (χ3n) is 6.29. The van der Waals surface area contributed by atoms with E-state index in [2.05, 4.69) is 5.32 Å². The SMILES string of the molecule is CC(C)(C)OC(=O)N(CCc1ccc(S(=O)(=O)c2cccc(/C=C3\SC(=O)NC3=O)c2)cc1)C[C@H](O)c1cccc(Cl)c1. The minimum atomic E-state index is -3.88. The van der Waals surface area contributed by atoms with Crippen molar-refractivity contribution in [1.29, 1.82) is 0 Å². The van der Waals surface area contributed by atoms with E-state index in [1.165, 1.54) is 35.2 Å². The first-order valence-corrected chi connectivity index (χ1v) is 16.0. The van der Waals surface area contributed by atoms with E-state index in [1.54, 1.807) is 69.3 Å². The number of thioether (sulfide) groups is 1. The predicted octanol–water partition coefficient (Wildman–Crippen LogP) is 6.01. The molecule has 226 valence electrons. The summed E-state index contributed by atoms with van der Waals surface area (Å²) in [5.74, 6) is -0.525. The number of carbonyl (C=O) groups excluding carboxylic acids is 3. The predicted molar refractivity (Wildman–Crippen MR) is 165 cm³/mol. The standard InChI is InChI=1S/C31H31ClN2O7S2/c1-31(2,3)41-30(38)34(19-26(35)22-7-5-8-23(32)18-22)15-14-20-10-12-24(13-11-20)43(39,40)25-9-4-6-21(16-25)17-27-28(36)33-29(37)42-27/h4-13,16-18,26,35H,14-15,19H2,1-3H3,(H,33,36,37)/b27-17-/t26-/m0/s1. The topological polar surface area (TPSA) is 130 Å². The summed E-state index contributed by atoms with van der Waals surface area (Å²) >= 11 is 6.82. The average Bonchev–Trinajstić information content (AvgIpc) is 3.26. The van der Waals surface area contributed by atoms with Gasteiger partial charge in [0.25, 0.3) is 11.1 Å². The van der Waals surface area contributed by atoms with Gasteiger partial charge in [-0.3, -0.25) is 14.9 Å². The normalized spacial score (nSPS) is 15.3. The van der Waals surface area contributed by atoms with Gasteiger partial charge in [-0.25, -0.2) is 13.2 Å². The zero-order chi connectivity index (χ0) is 31.4. The van der Waals surface area contributed by atoms with Crippen molar-refractivity contribution in [1.82, 2.24) is 10.2 Å². The Kier molecular flexibility index (Phi) is 10.0. The molecular weight excluding hydrogens is 612 g/mol. The van der Waals surface area contributed by atoms with E-state index in [4.69, 9.17) is 16.3 Å². The van der Waals surface area contributed by atoms with Crippen LogP contribution in [0.15, 0.2) is 87.5 Å². The van der Waals surface area contributed by atoms with Gasteiger partial charge in [0.2, 0.25) is 9.84 Å². The molecule has 1 fully saturated rings. The van der Waals surface area contributed by atoms with Gasteiger partial charge in [0, 0.05) is 11.6 Å². The molecule has 0 saturated carbocycles. The van der Waals surface area contributed by atoms with Crippen LogP contribution in [0.5, 0.6) is 0 Å². The van der Waals surface area contributed by atoms with Gasteiger partial charge in [0.15, 0.2) is 0 Å². The molecule has 0 radical (unpaired) electrons. The number of carbonyl (C=O) groups is 3. The van der Waals surface area contributed by atoms with E-state index in [-0.39, 0.29) is 27.8 Å². The highest BCUT2D eigenvalue weighted by atomic mass is 35.5. The van der Waals surface area contributed by atoms with E-state index in [9.17, 15) is 27.9 Å². The summed E-state index contributed by atoms with van der Waals surface area (Å²) in [6.45, 7) is 5.46. The van der Waals surface area contributed by atoms with Crippen LogP contribution in [0.4, 0.5) is 9.59 Å². The number of rotatable bonds is 9. The number of hydrogen-bond acceptors (Lipinski definition) is 8. The highest BCUT2D eigenvalue weighted by Gasteiger charge is 2.26. The third kappa shape index (κ3) is 8.70. The number of aliphatic hydroxyl groups is 1. The lowest BCUT2D eigenvalue weighted by Crippen LogP contribution is -2.40. The lowest BCUT2D eigenvalue weighted by molar-refractivity contribution is -0.115. The molecule has 0 spiro atoms.